The lowest BCUT2D eigenvalue weighted by Gasteiger charge is -2.16. The van der Waals surface area contributed by atoms with Crippen LogP contribution in [0.3, 0.4) is 0 Å². The predicted octanol–water partition coefficient (Wildman–Crippen LogP) is 2.34. The quantitative estimate of drug-likeness (QED) is 0.814. The molecule has 2 N–H and O–H groups in total. The number of fused-ring (bicyclic) bond motifs is 1. The first-order valence-electron chi connectivity index (χ1n) is 6.21. The molecule has 2 atom stereocenters. The number of hydrogen-bond donors (Lipinski definition) is 2. The van der Waals surface area contributed by atoms with Gasteiger partial charge in [-0.1, -0.05) is 30.7 Å². The van der Waals surface area contributed by atoms with E-state index in [1.165, 1.54) is 16.7 Å². The normalized spacial score (nSPS) is 20.8. The van der Waals surface area contributed by atoms with E-state index in [-0.39, 0.29) is 6.10 Å². The van der Waals surface area contributed by atoms with Crippen molar-refractivity contribution in [3.8, 4) is 0 Å². The van der Waals surface area contributed by atoms with E-state index in [2.05, 4.69) is 30.4 Å². The molecule has 16 heavy (non-hydrogen) atoms. The monoisotopic (exact) mass is 219 g/mol. The van der Waals surface area contributed by atoms with Gasteiger partial charge in [-0.3, -0.25) is 0 Å². The van der Waals surface area contributed by atoms with Crippen LogP contribution >= 0.6 is 0 Å². The van der Waals surface area contributed by atoms with Gasteiger partial charge in [0.2, 0.25) is 0 Å². The number of hydrogen-bond acceptors (Lipinski definition) is 2. The second-order valence-corrected chi connectivity index (χ2v) is 4.76. The maximum atomic E-state index is 9.56. The molecule has 0 amide bonds. The van der Waals surface area contributed by atoms with Crippen molar-refractivity contribution in [1.82, 2.24) is 5.32 Å². The van der Waals surface area contributed by atoms with Crippen molar-refractivity contribution in [3.05, 3.63) is 34.9 Å². The molecule has 0 spiro atoms. The van der Waals surface area contributed by atoms with Crippen molar-refractivity contribution in [1.29, 1.82) is 0 Å². The third-order valence-electron chi connectivity index (χ3n) is 3.45. The fourth-order valence-electron chi connectivity index (χ4n) is 2.36. The summed E-state index contributed by atoms with van der Waals surface area (Å²) in [7, 11) is 0. The zero-order chi connectivity index (χ0) is 11.5. The molecule has 2 nitrogen and oxygen atoms in total. The molecule has 1 aliphatic carbocycles. The molecule has 0 radical (unpaired) electrons. The van der Waals surface area contributed by atoms with Crippen LogP contribution in [0.1, 0.15) is 42.5 Å². The molecule has 0 saturated heterocycles. The van der Waals surface area contributed by atoms with Gasteiger partial charge >= 0.3 is 0 Å². The smallest absolute Gasteiger partial charge is 0.0662 e. The Bertz CT molecular complexity index is 362. The molecule has 0 aromatic heterocycles. The minimum absolute atomic E-state index is 0.214. The van der Waals surface area contributed by atoms with Crippen LogP contribution in [-0.2, 0) is 6.42 Å². The summed E-state index contributed by atoms with van der Waals surface area (Å²) in [6.45, 7) is 4.85. The highest BCUT2D eigenvalue weighted by Gasteiger charge is 2.22. The highest BCUT2D eigenvalue weighted by Crippen LogP contribution is 2.31. The Balaban J connectivity index is 2.02. The molecule has 1 aliphatic rings. The van der Waals surface area contributed by atoms with E-state index in [1.54, 1.807) is 0 Å². The Kier molecular flexibility index (Phi) is 3.62. The number of rotatable bonds is 4. The largest absolute Gasteiger partial charge is 0.392 e. The van der Waals surface area contributed by atoms with Crippen molar-refractivity contribution in [2.45, 2.75) is 45.3 Å². The van der Waals surface area contributed by atoms with Gasteiger partial charge in [0.15, 0.2) is 0 Å². The van der Waals surface area contributed by atoms with Gasteiger partial charge in [-0.2, -0.15) is 0 Å². The third kappa shape index (κ3) is 2.45. The van der Waals surface area contributed by atoms with E-state index in [0.717, 1.165) is 19.3 Å². The van der Waals surface area contributed by atoms with E-state index < -0.39 is 0 Å². The zero-order valence-electron chi connectivity index (χ0n) is 10.2. The van der Waals surface area contributed by atoms with Gasteiger partial charge < -0.3 is 10.4 Å². The van der Waals surface area contributed by atoms with Crippen molar-refractivity contribution in [2.24, 2.45) is 0 Å². The minimum Gasteiger partial charge on any atom is -0.392 e. The third-order valence-corrected chi connectivity index (χ3v) is 3.45. The summed E-state index contributed by atoms with van der Waals surface area (Å²) < 4.78 is 0. The van der Waals surface area contributed by atoms with E-state index in [4.69, 9.17) is 0 Å². The average Bonchev–Trinajstić information content (AvgIpc) is 2.68. The van der Waals surface area contributed by atoms with Gasteiger partial charge in [0.1, 0.15) is 0 Å². The van der Waals surface area contributed by atoms with Crippen LogP contribution in [0.4, 0.5) is 0 Å². The number of aryl methyl sites for hydroxylation is 2. The molecular weight excluding hydrogens is 198 g/mol. The van der Waals surface area contributed by atoms with E-state index in [1.807, 2.05) is 6.92 Å². The zero-order valence-corrected chi connectivity index (χ0v) is 10.2. The van der Waals surface area contributed by atoms with Gasteiger partial charge in [0.05, 0.1) is 6.10 Å². The number of aliphatic hydroxyl groups excluding tert-OH is 1. The number of nitrogens with one attached hydrogen (secondary N) is 1. The Morgan fingerprint density at radius 2 is 2.31 bits per heavy atom. The first-order chi connectivity index (χ1) is 7.70. The van der Waals surface area contributed by atoms with Crippen LogP contribution in [0.5, 0.6) is 0 Å². The Morgan fingerprint density at radius 1 is 1.50 bits per heavy atom. The Morgan fingerprint density at radius 3 is 3.06 bits per heavy atom. The second-order valence-electron chi connectivity index (χ2n) is 4.76. The predicted molar refractivity (Wildman–Crippen MR) is 66.5 cm³/mol. The molecule has 0 bridgehead atoms. The lowest BCUT2D eigenvalue weighted by molar-refractivity contribution is 0.163. The molecule has 1 aromatic rings. The second kappa shape index (κ2) is 4.98. The summed E-state index contributed by atoms with van der Waals surface area (Å²) in [4.78, 5) is 0. The highest BCUT2D eigenvalue weighted by molar-refractivity contribution is 5.37. The molecule has 0 aliphatic heterocycles. The molecule has 2 heteroatoms. The number of aliphatic hydroxyl groups is 1. The SMILES string of the molecule is CCC(O)CNC1CCc2ccc(C)cc21. The van der Waals surface area contributed by atoms with Crippen LogP contribution in [0, 0.1) is 6.92 Å². The van der Waals surface area contributed by atoms with Crippen LogP contribution in [0.2, 0.25) is 0 Å². The summed E-state index contributed by atoms with van der Waals surface area (Å²) in [5.74, 6) is 0. The molecule has 1 aromatic carbocycles. The summed E-state index contributed by atoms with van der Waals surface area (Å²) in [5, 5.41) is 13.0. The summed E-state index contributed by atoms with van der Waals surface area (Å²) in [6, 6.07) is 7.14. The molecule has 0 heterocycles. The maximum absolute atomic E-state index is 9.56. The van der Waals surface area contributed by atoms with Crippen LogP contribution < -0.4 is 5.32 Å². The standard InChI is InChI=1S/C14H21NO/c1-3-12(16)9-15-14-7-6-11-5-4-10(2)8-13(11)14/h4-5,8,12,14-16H,3,6-7,9H2,1-2H3. The number of benzene rings is 1. The van der Waals surface area contributed by atoms with Gasteiger partial charge in [0, 0.05) is 12.6 Å². The average molecular weight is 219 g/mol. The van der Waals surface area contributed by atoms with Crippen molar-refractivity contribution in [3.63, 3.8) is 0 Å². The first kappa shape index (κ1) is 11.6. The lowest BCUT2D eigenvalue weighted by Crippen LogP contribution is -2.28. The topological polar surface area (TPSA) is 32.3 Å². The molecule has 2 rings (SSSR count). The van der Waals surface area contributed by atoms with E-state index in [9.17, 15) is 5.11 Å². The van der Waals surface area contributed by atoms with E-state index >= 15 is 0 Å². The van der Waals surface area contributed by atoms with Gasteiger partial charge in [-0.25, -0.2) is 0 Å². The van der Waals surface area contributed by atoms with Gasteiger partial charge in [-0.05, 0) is 37.3 Å². The van der Waals surface area contributed by atoms with Crippen LogP contribution in [0.15, 0.2) is 18.2 Å². The molecule has 2 unspecified atom stereocenters. The van der Waals surface area contributed by atoms with Crippen LogP contribution in [-0.4, -0.2) is 17.8 Å². The Labute approximate surface area is 97.7 Å². The molecule has 0 fully saturated rings. The minimum atomic E-state index is -0.214. The summed E-state index contributed by atoms with van der Waals surface area (Å²) in [6.07, 6.45) is 2.93. The highest BCUT2D eigenvalue weighted by atomic mass is 16.3. The first-order valence-corrected chi connectivity index (χ1v) is 6.21. The van der Waals surface area contributed by atoms with Crippen molar-refractivity contribution >= 4 is 0 Å². The van der Waals surface area contributed by atoms with Gasteiger partial charge in [0.25, 0.3) is 0 Å². The summed E-state index contributed by atoms with van der Waals surface area (Å²) >= 11 is 0. The lowest BCUT2D eigenvalue weighted by atomic mass is 10.0. The fraction of sp³-hybridized carbons (Fsp3) is 0.571. The van der Waals surface area contributed by atoms with Crippen molar-refractivity contribution in [2.75, 3.05) is 6.54 Å². The molecule has 0 saturated carbocycles. The fourth-order valence-corrected chi connectivity index (χ4v) is 2.36. The maximum Gasteiger partial charge on any atom is 0.0662 e. The van der Waals surface area contributed by atoms with E-state index in [0.29, 0.717) is 12.6 Å². The Hall–Kier alpha value is -0.860. The molecule has 88 valence electrons. The summed E-state index contributed by atoms with van der Waals surface area (Å²) in [5.41, 5.74) is 4.22. The molecular formula is C14H21NO. The van der Waals surface area contributed by atoms with Crippen LogP contribution in [0.25, 0.3) is 0 Å². The van der Waals surface area contributed by atoms with Gasteiger partial charge in [-0.15, -0.1) is 0 Å². The van der Waals surface area contributed by atoms with Crippen molar-refractivity contribution < 1.29 is 5.11 Å².